The number of rotatable bonds is 4. The Morgan fingerprint density at radius 2 is 1.96 bits per heavy atom. The van der Waals surface area contributed by atoms with Crippen LogP contribution in [0.15, 0.2) is 42.7 Å². The van der Waals surface area contributed by atoms with E-state index in [4.69, 9.17) is 5.73 Å². The Labute approximate surface area is 160 Å². The van der Waals surface area contributed by atoms with Crippen LogP contribution in [0.25, 0.3) is 0 Å². The molecular weight excluding hydrogens is 338 g/mol. The fourth-order valence-corrected chi connectivity index (χ4v) is 4.49. The Kier molecular flexibility index (Phi) is 4.97. The van der Waals surface area contributed by atoms with Gasteiger partial charge in [0.2, 0.25) is 5.91 Å². The van der Waals surface area contributed by atoms with Crippen LogP contribution in [-0.2, 0) is 11.2 Å². The van der Waals surface area contributed by atoms with Crippen molar-refractivity contribution in [1.29, 1.82) is 0 Å². The molecule has 1 aromatic carbocycles. The van der Waals surface area contributed by atoms with E-state index in [1.54, 1.807) is 0 Å². The number of nitrogen functional groups attached to an aromatic ring is 1. The highest BCUT2D eigenvalue weighted by Gasteiger charge is 2.41. The monoisotopic (exact) mass is 365 g/mol. The SMILES string of the molecule is Nc1cc(N2CCC[C@@]3(CCC(=O)N(CCc4ccccc4)C3)C2)ncn1. The number of hydrogen-bond acceptors (Lipinski definition) is 5. The smallest absolute Gasteiger partial charge is 0.222 e. The van der Waals surface area contributed by atoms with Crippen molar-refractivity contribution in [2.75, 3.05) is 36.8 Å². The largest absolute Gasteiger partial charge is 0.384 e. The van der Waals surface area contributed by atoms with Gasteiger partial charge >= 0.3 is 0 Å². The lowest BCUT2D eigenvalue weighted by Gasteiger charge is -2.48. The summed E-state index contributed by atoms with van der Waals surface area (Å²) in [5.41, 5.74) is 7.28. The van der Waals surface area contributed by atoms with Gasteiger partial charge in [0.15, 0.2) is 0 Å². The van der Waals surface area contributed by atoms with E-state index in [1.165, 1.54) is 18.3 Å². The summed E-state index contributed by atoms with van der Waals surface area (Å²) in [7, 11) is 0. The van der Waals surface area contributed by atoms with Crippen LogP contribution in [0.3, 0.4) is 0 Å². The summed E-state index contributed by atoms with van der Waals surface area (Å²) in [6.45, 7) is 3.55. The predicted octanol–water partition coefficient (Wildman–Crippen LogP) is 2.51. The first-order valence-electron chi connectivity index (χ1n) is 9.78. The highest BCUT2D eigenvalue weighted by atomic mass is 16.2. The number of aromatic nitrogens is 2. The summed E-state index contributed by atoms with van der Waals surface area (Å²) in [6.07, 6.45) is 6.33. The van der Waals surface area contributed by atoms with Gasteiger partial charge in [-0.15, -0.1) is 0 Å². The number of benzene rings is 1. The number of likely N-dealkylation sites (tertiary alicyclic amines) is 1. The third-order valence-corrected chi connectivity index (χ3v) is 5.92. The minimum absolute atomic E-state index is 0.155. The molecule has 1 aromatic heterocycles. The molecule has 6 nitrogen and oxygen atoms in total. The summed E-state index contributed by atoms with van der Waals surface area (Å²) in [5, 5.41) is 0. The van der Waals surface area contributed by atoms with Crippen LogP contribution >= 0.6 is 0 Å². The van der Waals surface area contributed by atoms with Crippen molar-refractivity contribution < 1.29 is 4.79 Å². The van der Waals surface area contributed by atoms with Gasteiger partial charge in [0.25, 0.3) is 0 Å². The third-order valence-electron chi connectivity index (χ3n) is 5.92. The lowest BCUT2D eigenvalue weighted by atomic mass is 9.73. The van der Waals surface area contributed by atoms with Gasteiger partial charge in [0, 0.05) is 44.1 Å². The van der Waals surface area contributed by atoms with E-state index in [1.807, 2.05) is 12.1 Å². The number of carbonyl (C=O) groups excluding carboxylic acids is 1. The number of nitrogens with zero attached hydrogens (tertiary/aromatic N) is 4. The fraction of sp³-hybridized carbons (Fsp3) is 0.476. The molecule has 0 bridgehead atoms. The standard InChI is InChI=1S/C21H27N5O/c22-18-13-19(24-16-23-18)25-11-4-9-21(14-25)10-7-20(27)26(15-21)12-8-17-5-2-1-3-6-17/h1-3,5-6,13,16H,4,7-12,14-15H2,(H2,22,23,24)/t21-/m1/s1. The molecule has 2 aliphatic heterocycles. The molecule has 0 aliphatic carbocycles. The predicted molar refractivity (Wildman–Crippen MR) is 106 cm³/mol. The Morgan fingerprint density at radius 1 is 1.11 bits per heavy atom. The highest BCUT2D eigenvalue weighted by molar-refractivity contribution is 5.77. The second-order valence-corrected chi connectivity index (χ2v) is 7.88. The number of amides is 1. The van der Waals surface area contributed by atoms with Gasteiger partial charge in [-0.25, -0.2) is 9.97 Å². The fourth-order valence-electron chi connectivity index (χ4n) is 4.49. The minimum atomic E-state index is 0.155. The Morgan fingerprint density at radius 3 is 2.78 bits per heavy atom. The average molecular weight is 365 g/mol. The normalized spacial score (nSPS) is 23.0. The Balaban J connectivity index is 1.44. The molecule has 2 saturated heterocycles. The van der Waals surface area contributed by atoms with E-state index < -0.39 is 0 Å². The molecule has 1 spiro atoms. The van der Waals surface area contributed by atoms with Crippen LogP contribution in [-0.4, -0.2) is 47.0 Å². The van der Waals surface area contributed by atoms with Gasteiger partial charge in [-0.1, -0.05) is 30.3 Å². The van der Waals surface area contributed by atoms with Crippen LogP contribution in [0.5, 0.6) is 0 Å². The summed E-state index contributed by atoms with van der Waals surface area (Å²) < 4.78 is 0. The molecule has 142 valence electrons. The lowest BCUT2D eigenvalue weighted by Crippen LogP contribution is -2.54. The molecule has 3 heterocycles. The van der Waals surface area contributed by atoms with E-state index in [9.17, 15) is 4.79 Å². The van der Waals surface area contributed by atoms with Crippen molar-refractivity contribution >= 4 is 17.5 Å². The van der Waals surface area contributed by atoms with Crippen LogP contribution in [0.4, 0.5) is 11.6 Å². The zero-order chi connectivity index (χ0) is 18.7. The van der Waals surface area contributed by atoms with E-state index in [2.05, 4.69) is 44.0 Å². The van der Waals surface area contributed by atoms with Crippen LogP contribution in [0, 0.1) is 5.41 Å². The number of hydrogen-bond donors (Lipinski definition) is 1. The van der Waals surface area contributed by atoms with Crippen molar-refractivity contribution in [1.82, 2.24) is 14.9 Å². The molecule has 2 aromatic rings. The van der Waals surface area contributed by atoms with Gasteiger partial charge in [0.05, 0.1) is 0 Å². The number of piperidine rings is 2. The zero-order valence-electron chi connectivity index (χ0n) is 15.7. The van der Waals surface area contributed by atoms with Gasteiger partial charge in [-0.2, -0.15) is 0 Å². The summed E-state index contributed by atoms with van der Waals surface area (Å²) in [4.78, 5) is 25.3. The van der Waals surface area contributed by atoms with Gasteiger partial charge < -0.3 is 15.5 Å². The van der Waals surface area contributed by atoms with Crippen molar-refractivity contribution in [2.45, 2.75) is 32.1 Å². The molecule has 27 heavy (non-hydrogen) atoms. The highest BCUT2D eigenvalue weighted by Crippen LogP contribution is 2.40. The van der Waals surface area contributed by atoms with Gasteiger partial charge in [-0.05, 0) is 31.2 Å². The van der Waals surface area contributed by atoms with Crippen molar-refractivity contribution in [3.8, 4) is 0 Å². The number of anilines is 2. The van der Waals surface area contributed by atoms with Crippen LogP contribution in [0.2, 0.25) is 0 Å². The molecule has 0 radical (unpaired) electrons. The molecule has 6 heteroatoms. The molecule has 2 N–H and O–H groups in total. The van der Waals surface area contributed by atoms with Crippen LogP contribution in [0.1, 0.15) is 31.2 Å². The van der Waals surface area contributed by atoms with E-state index in [0.717, 1.165) is 51.3 Å². The topological polar surface area (TPSA) is 75.3 Å². The van der Waals surface area contributed by atoms with Gasteiger partial charge in [0.1, 0.15) is 18.0 Å². The summed E-state index contributed by atoms with van der Waals surface area (Å²) in [6, 6.07) is 12.3. The van der Waals surface area contributed by atoms with E-state index in [-0.39, 0.29) is 5.41 Å². The molecule has 0 saturated carbocycles. The molecule has 1 amide bonds. The lowest BCUT2D eigenvalue weighted by molar-refractivity contribution is -0.137. The molecular formula is C21H27N5O. The van der Waals surface area contributed by atoms with Crippen molar-refractivity contribution in [2.24, 2.45) is 5.41 Å². The Bertz CT molecular complexity index is 796. The second kappa shape index (κ2) is 7.55. The summed E-state index contributed by atoms with van der Waals surface area (Å²) >= 11 is 0. The first-order chi connectivity index (χ1) is 13.1. The van der Waals surface area contributed by atoms with Gasteiger partial charge in [-0.3, -0.25) is 4.79 Å². The summed E-state index contributed by atoms with van der Waals surface area (Å²) in [5.74, 6) is 1.69. The third kappa shape index (κ3) is 4.04. The number of carbonyl (C=O) groups is 1. The maximum Gasteiger partial charge on any atom is 0.222 e. The second-order valence-electron chi connectivity index (χ2n) is 7.88. The maximum absolute atomic E-state index is 12.5. The molecule has 0 unspecified atom stereocenters. The minimum Gasteiger partial charge on any atom is -0.384 e. The quantitative estimate of drug-likeness (QED) is 0.901. The molecule has 1 atom stereocenters. The van der Waals surface area contributed by atoms with Crippen molar-refractivity contribution in [3.05, 3.63) is 48.3 Å². The van der Waals surface area contributed by atoms with E-state index in [0.29, 0.717) is 18.1 Å². The molecule has 2 fully saturated rings. The van der Waals surface area contributed by atoms with Crippen molar-refractivity contribution in [3.63, 3.8) is 0 Å². The maximum atomic E-state index is 12.5. The zero-order valence-corrected chi connectivity index (χ0v) is 15.7. The first kappa shape index (κ1) is 17.8. The number of nitrogens with two attached hydrogens (primary N) is 1. The van der Waals surface area contributed by atoms with Crippen LogP contribution < -0.4 is 10.6 Å². The van der Waals surface area contributed by atoms with E-state index >= 15 is 0 Å². The molecule has 2 aliphatic rings. The average Bonchev–Trinajstić information content (AvgIpc) is 2.70. The Hall–Kier alpha value is -2.63. The molecule has 4 rings (SSSR count). The first-order valence-corrected chi connectivity index (χ1v) is 9.78.